The third-order valence-electron chi connectivity index (χ3n) is 8.56. The van der Waals surface area contributed by atoms with Crippen LogP contribution in [0.3, 0.4) is 0 Å². The van der Waals surface area contributed by atoms with Crippen LogP contribution in [-0.4, -0.2) is 23.1 Å². The number of esters is 1. The van der Waals surface area contributed by atoms with Crippen molar-refractivity contribution in [3.8, 4) is 0 Å². The molecule has 0 aromatic carbocycles. The van der Waals surface area contributed by atoms with Crippen LogP contribution in [0, 0.1) is 28.6 Å². The fourth-order valence-corrected chi connectivity index (χ4v) is 7.55. The molecule has 4 rings (SSSR count). The molecule has 0 bridgehead atoms. The molecule has 4 nitrogen and oxygen atoms in total. The van der Waals surface area contributed by atoms with Gasteiger partial charge in [-0.15, -0.1) is 0 Å². The Morgan fingerprint density at radius 2 is 1.79 bits per heavy atom. The van der Waals surface area contributed by atoms with Gasteiger partial charge in [0.2, 0.25) is 0 Å². The second-order valence-corrected chi connectivity index (χ2v) is 10.1. The topological polar surface area (TPSA) is 60.4 Å². The summed E-state index contributed by atoms with van der Waals surface area (Å²) in [6.07, 6.45) is 8.48. The number of hydrogen-bond acceptors (Lipinski definition) is 4. The molecule has 0 radical (unpaired) electrons. The number of hydrogen-bond donors (Lipinski definition) is 0. The first-order valence-corrected chi connectivity index (χ1v) is 10.8. The van der Waals surface area contributed by atoms with Gasteiger partial charge in [0.1, 0.15) is 0 Å². The maximum Gasteiger partial charge on any atom is 0.303 e. The van der Waals surface area contributed by atoms with Crippen molar-refractivity contribution < 1.29 is 19.1 Å². The van der Waals surface area contributed by atoms with E-state index in [1.54, 1.807) is 13.0 Å². The summed E-state index contributed by atoms with van der Waals surface area (Å²) in [5, 5.41) is 0.689. The van der Waals surface area contributed by atoms with Gasteiger partial charge >= 0.3 is 5.97 Å². The van der Waals surface area contributed by atoms with Gasteiger partial charge in [0.25, 0.3) is 0 Å². The molecule has 28 heavy (non-hydrogen) atoms. The Balaban J connectivity index is 1.79. The Hall–Kier alpha value is -1.42. The molecular weight excluding hydrogens is 376 g/mol. The van der Waals surface area contributed by atoms with E-state index in [0.29, 0.717) is 23.8 Å². The maximum atomic E-state index is 12.7. The lowest BCUT2D eigenvalue weighted by Crippen LogP contribution is -2.58. The first kappa shape index (κ1) is 19.9. The largest absolute Gasteiger partial charge is 0.451 e. The normalized spacial score (nSPS) is 44.6. The van der Waals surface area contributed by atoms with E-state index in [4.69, 9.17) is 16.3 Å². The molecule has 0 heterocycles. The van der Waals surface area contributed by atoms with E-state index in [0.717, 1.165) is 31.3 Å². The highest BCUT2D eigenvalue weighted by Crippen LogP contribution is 2.68. The van der Waals surface area contributed by atoms with E-state index >= 15 is 0 Å². The molecule has 4 aliphatic rings. The highest BCUT2D eigenvalue weighted by molar-refractivity contribution is 6.32. The smallest absolute Gasteiger partial charge is 0.303 e. The maximum absolute atomic E-state index is 12.7. The molecule has 0 spiro atoms. The average molecular weight is 405 g/mol. The first-order chi connectivity index (χ1) is 13.0. The number of halogens is 1. The number of carbonyl (C=O) groups is 3. The fourth-order valence-electron chi connectivity index (χ4n) is 7.13. The van der Waals surface area contributed by atoms with Crippen LogP contribution in [0.1, 0.15) is 66.2 Å². The molecule has 152 valence electrons. The predicted molar refractivity (Wildman–Crippen MR) is 107 cm³/mol. The Labute approximate surface area is 171 Å². The summed E-state index contributed by atoms with van der Waals surface area (Å²) in [6, 6.07) is 0. The molecule has 0 saturated heterocycles. The van der Waals surface area contributed by atoms with Crippen molar-refractivity contribution in [2.75, 3.05) is 0 Å². The van der Waals surface area contributed by atoms with Crippen LogP contribution >= 0.6 is 11.6 Å². The van der Waals surface area contributed by atoms with Crippen molar-refractivity contribution in [2.24, 2.45) is 28.6 Å². The van der Waals surface area contributed by atoms with Crippen LogP contribution < -0.4 is 0 Å². The summed E-state index contributed by atoms with van der Waals surface area (Å²) in [4.78, 5) is 36.6. The van der Waals surface area contributed by atoms with Crippen LogP contribution in [0.15, 0.2) is 22.8 Å². The molecule has 0 aliphatic heterocycles. The van der Waals surface area contributed by atoms with E-state index < -0.39 is 5.60 Å². The van der Waals surface area contributed by atoms with Crippen LogP contribution in [0.4, 0.5) is 0 Å². The summed E-state index contributed by atoms with van der Waals surface area (Å²) in [5.74, 6) is 0.584. The molecule has 2 fully saturated rings. The zero-order valence-electron chi connectivity index (χ0n) is 17.1. The Morgan fingerprint density at radius 1 is 1.11 bits per heavy atom. The van der Waals surface area contributed by atoms with Gasteiger partial charge in [0, 0.05) is 23.8 Å². The summed E-state index contributed by atoms with van der Waals surface area (Å²) in [6.45, 7) is 7.33. The quantitative estimate of drug-likeness (QED) is 0.623. The monoisotopic (exact) mass is 404 g/mol. The molecule has 0 amide bonds. The van der Waals surface area contributed by atoms with Crippen molar-refractivity contribution in [1.82, 2.24) is 0 Å². The second kappa shape index (κ2) is 6.29. The predicted octanol–water partition coefficient (Wildman–Crippen LogP) is 4.75. The van der Waals surface area contributed by atoms with Gasteiger partial charge in [0.15, 0.2) is 17.2 Å². The van der Waals surface area contributed by atoms with Gasteiger partial charge in [-0.25, -0.2) is 0 Å². The van der Waals surface area contributed by atoms with Crippen molar-refractivity contribution in [2.45, 2.75) is 71.8 Å². The Bertz CT molecular complexity index is 826. The highest BCUT2D eigenvalue weighted by Gasteiger charge is 2.67. The third kappa shape index (κ3) is 2.46. The fraction of sp³-hybridized carbons (Fsp3) is 0.696. The summed E-state index contributed by atoms with van der Waals surface area (Å²) in [5.41, 5.74) is -0.532. The number of carbonyl (C=O) groups excluding carboxylic acids is 3. The minimum atomic E-state index is -1.03. The first-order valence-electron chi connectivity index (χ1n) is 10.4. The average Bonchev–Trinajstić information content (AvgIpc) is 2.90. The molecule has 0 N–H and O–H groups in total. The molecule has 2 saturated carbocycles. The van der Waals surface area contributed by atoms with E-state index in [9.17, 15) is 14.4 Å². The van der Waals surface area contributed by atoms with E-state index in [2.05, 4.69) is 19.9 Å². The van der Waals surface area contributed by atoms with Crippen LogP contribution in [0.5, 0.6) is 0 Å². The number of fused-ring (bicyclic) bond motifs is 5. The van der Waals surface area contributed by atoms with Gasteiger partial charge < -0.3 is 4.74 Å². The van der Waals surface area contributed by atoms with Crippen LogP contribution in [0.2, 0.25) is 0 Å². The van der Waals surface area contributed by atoms with E-state index in [-0.39, 0.29) is 40.2 Å². The van der Waals surface area contributed by atoms with Gasteiger partial charge in [-0.1, -0.05) is 31.5 Å². The number of ether oxygens (including phenoxy) is 1. The standard InChI is InChI=1S/C23H29ClO4/c1-13(25)23(28-14(2)26)10-7-18-16-12-20(24)19-11-15(27)5-8-21(19,3)17(16)6-9-22(18,23)4/h11-12,16-18H,5-10H2,1-4H3/t16?,17?,18?,21-,22+,23-/m1/s1. The van der Waals surface area contributed by atoms with Crippen molar-refractivity contribution in [1.29, 1.82) is 0 Å². The lowest BCUT2D eigenvalue weighted by Gasteiger charge is -2.57. The lowest BCUT2D eigenvalue weighted by molar-refractivity contribution is -0.185. The second-order valence-electron chi connectivity index (χ2n) is 9.72. The van der Waals surface area contributed by atoms with Gasteiger partial charge in [0.05, 0.1) is 0 Å². The Morgan fingerprint density at radius 3 is 2.43 bits per heavy atom. The molecule has 0 aromatic heterocycles. The Kier molecular flexibility index (Phi) is 4.46. The number of ketones is 2. The third-order valence-corrected chi connectivity index (χ3v) is 8.89. The number of allylic oxidation sites excluding steroid dienone is 4. The lowest BCUT2D eigenvalue weighted by atomic mass is 9.48. The molecule has 0 aromatic rings. The molecular formula is C23H29ClO4. The van der Waals surface area contributed by atoms with E-state index in [1.807, 2.05) is 0 Å². The van der Waals surface area contributed by atoms with Crippen LogP contribution in [0.25, 0.3) is 0 Å². The van der Waals surface area contributed by atoms with Gasteiger partial charge in [-0.3, -0.25) is 14.4 Å². The summed E-state index contributed by atoms with van der Waals surface area (Å²) >= 11 is 6.71. The zero-order valence-corrected chi connectivity index (χ0v) is 17.9. The summed E-state index contributed by atoms with van der Waals surface area (Å²) in [7, 11) is 0. The van der Waals surface area contributed by atoms with Crippen LogP contribution in [-0.2, 0) is 19.1 Å². The molecule has 5 heteroatoms. The minimum Gasteiger partial charge on any atom is -0.451 e. The number of Topliss-reactive ketones (excluding diaryl/α,β-unsaturated/α-hetero) is 1. The highest BCUT2D eigenvalue weighted by atomic mass is 35.5. The SMILES string of the molecule is CC(=O)O[C@@]1(C(C)=O)CCC2C3C=C(Cl)C4=CC(=O)CC[C@]4(C)C3CC[C@@]21C. The zero-order chi connectivity index (χ0) is 20.5. The van der Waals surface area contributed by atoms with Gasteiger partial charge in [-0.05, 0) is 73.8 Å². The minimum absolute atomic E-state index is 0.0490. The summed E-state index contributed by atoms with van der Waals surface area (Å²) < 4.78 is 5.79. The van der Waals surface area contributed by atoms with E-state index in [1.165, 1.54) is 6.92 Å². The van der Waals surface area contributed by atoms with Crippen molar-refractivity contribution >= 4 is 29.1 Å². The molecule has 3 unspecified atom stereocenters. The van der Waals surface area contributed by atoms with Crippen molar-refractivity contribution in [3.63, 3.8) is 0 Å². The number of rotatable bonds is 2. The van der Waals surface area contributed by atoms with Crippen molar-refractivity contribution in [3.05, 3.63) is 22.8 Å². The van der Waals surface area contributed by atoms with Gasteiger partial charge in [-0.2, -0.15) is 0 Å². The molecule has 4 aliphatic carbocycles. The molecule has 6 atom stereocenters.